The molecule has 1 aliphatic heterocycles. The van der Waals surface area contributed by atoms with Gasteiger partial charge >= 0.3 is 23.9 Å². The number of amides is 1. The largest absolute Gasteiger partial charge is 0.456 e. The minimum absolute atomic E-state index is 0.00511. The number of carbonyl (C=O) groups excluding carboxylic acids is 6. The maximum atomic E-state index is 15.5. The number of Topliss-reactive ketones (excluding diaryl/α,β-unsaturated/α-hetero) is 1. The minimum Gasteiger partial charge on any atom is -0.456 e. The van der Waals surface area contributed by atoms with Gasteiger partial charge in [0.2, 0.25) is 5.91 Å². The first kappa shape index (κ1) is 45.3. The molecule has 4 aliphatic rings. The molecule has 0 spiro atoms. The van der Waals surface area contributed by atoms with E-state index in [-0.39, 0.29) is 36.2 Å². The third-order valence-electron chi connectivity index (χ3n) is 13.2. The number of ether oxygens (including phenoxy) is 5. The van der Waals surface area contributed by atoms with E-state index in [1.807, 2.05) is 6.92 Å². The van der Waals surface area contributed by atoms with E-state index in [0.717, 1.165) is 13.8 Å². The Morgan fingerprint density at radius 3 is 2.15 bits per heavy atom. The number of aliphatic hydroxyl groups is 3. The lowest BCUT2D eigenvalue weighted by Crippen LogP contribution is -2.82. The van der Waals surface area contributed by atoms with E-state index >= 15 is 4.79 Å². The summed E-state index contributed by atoms with van der Waals surface area (Å²) in [6.07, 6.45) is -6.28. The zero-order chi connectivity index (χ0) is 44.7. The Labute approximate surface area is 354 Å². The molecule has 1 amide bonds. The topological polar surface area (TPSA) is 221 Å². The van der Waals surface area contributed by atoms with Crippen molar-refractivity contribution < 1.29 is 67.8 Å². The second-order valence-corrected chi connectivity index (χ2v) is 17.2. The zero-order valence-electron chi connectivity index (χ0n) is 35.4. The number of fused-ring (bicyclic) bond motifs is 5. The van der Waals surface area contributed by atoms with Gasteiger partial charge in [-0.1, -0.05) is 81.5 Å². The molecule has 61 heavy (non-hydrogen) atoms. The molecular weight excluding hydrogens is 790 g/mol. The van der Waals surface area contributed by atoms with Crippen molar-refractivity contribution >= 4 is 35.6 Å². The second kappa shape index (κ2) is 17.3. The molecule has 2 aromatic rings. The van der Waals surface area contributed by atoms with Crippen molar-refractivity contribution in [1.82, 2.24) is 5.32 Å². The third-order valence-corrected chi connectivity index (χ3v) is 13.2. The fourth-order valence-electron chi connectivity index (χ4n) is 9.96. The van der Waals surface area contributed by atoms with E-state index < -0.39 is 113 Å². The molecule has 15 nitrogen and oxygen atoms in total. The highest BCUT2D eigenvalue weighted by Crippen LogP contribution is 2.64. The molecule has 1 heterocycles. The summed E-state index contributed by atoms with van der Waals surface area (Å²) < 4.78 is 30.2. The van der Waals surface area contributed by atoms with Gasteiger partial charge in [-0.3, -0.25) is 19.2 Å². The summed E-state index contributed by atoms with van der Waals surface area (Å²) in [6, 6.07) is 14.9. The molecule has 0 aromatic heterocycles. The maximum Gasteiger partial charge on any atom is 0.338 e. The lowest BCUT2D eigenvalue weighted by atomic mass is 9.44. The summed E-state index contributed by atoms with van der Waals surface area (Å²) in [4.78, 5) is 82.9. The van der Waals surface area contributed by atoms with Crippen LogP contribution in [0, 0.1) is 16.7 Å². The van der Waals surface area contributed by atoms with E-state index in [0.29, 0.717) is 12.0 Å². The van der Waals surface area contributed by atoms with Gasteiger partial charge in [-0.25, -0.2) is 9.59 Å². The zero-order valence-corrected chi connectivity index (χ0v) is 35.4. The van der Waals surface area contributed by atoms with E-state index in [1.54, 1.807) is 74.5 Å². The summed E-state index contributed by atoms with van der Waals surface area (Å²) >= 11 is 0. The van der Waals surface area contributed by atoms with Crippen LogP contribution in [-0.4, -0.2) is 105 Å². The van der Waals surface area contributed by atoms with E-state index in [4.69, 9.17) is 23.7 Å². The molecule has 2 aromatic carbocycles. The van der Waals surface area contributed by atoms with Crippen LogP contribution >= 0.6 is 0 Å². The molecule has 328 valence electrons. The number of rotatable bonds is 12. The molecule has 6 rings (SSSR count). The van der Waals surface area contributed by atoms with Crippen LogP contribution in [0.15, 0.2) is 84.0 Å². The number of hydrogen-bond donors (Lipinski definition) is 4. The molecular formula is C46H55NO14. The van der Waals surface area contributed by atoms with Crippen LogP contribution in [0.4, 0.5) is 0 Å². The molecule has 15 heteroatoms. The predicted molar refractivity (Wildman–Crippen MR) is 216 cm³/mol. The van der Waals surface area contributed by atoms with Gasteiger partial charge in [0.15, 0.2) is 23.6 Å². The molecule has 3 fully saturated rings. The lowest BCUT2D eigenvalue weighted by molar-refractivity contribution is -0.346. The minimum atomic E-state index is -2.38. The van der Waals surface area contributed by atoms with Crippen LogP contribution in [0.5, 0.6) is 0 Å². The monoisotopic (exact) mass is 845 g/mol. The molecule has 11 atom stereocenters. The average Bonchev–Trinajstić information content (AvgIpc) is 3.21. The summed E-state index contributed by atoms with van der Waals surface area (Å²) in [5.41, 5.74) is -7.19. The molecule has 4 N–H and O–H groups in total. The van der Waals surface area contributed by atoms with Crippen LogP contribution in [-0.2, 0) is 47.7 Å². The van der Waals surface area contributed by atoms with Crippen LogP contribution in [0.1, 0.15) is 96.1 Å². The number of nitrogens with one attached hydrogen (secondary N) is 1. The van der Waals surface area contributed by atoms with Crippen molar-refractivity contribution in [3.8, 4) is 0 Å². The lowest BCUT2D eigenvalue weighted by Gasteiger charge is -2.67. The average molecular weight is 846 g/mol. The molecule has 3 aliphatic carbocycles. The van der Waals surface area contributed by atoms with Crippen LogP contribution in [0.3, 0.4) is 0 Å². The second-order valence-electron chi connectivity index (χ2n) is 17.2. The summed E-state index contributed by atoms with van der Waals surface area (Å²) in [5.74, 6) is -6.68. The molecule has 1 saturated heterocycles. The molecule has 2 unspecified atom stereocenters. The van der Waals surface area contributed by atoms with Gasteiger partial charge in [0.25, 0.3) is 0 Å². The van der Waals surface area contributed by atoms with Gasteiger partial charge in [0.05, 0.1) is 35.6 Å². The first-order valence-corrected chi connectivity index (χ1v) is 20.5. The summed E-state index contributed by atoms with van der Waals surface area (Å²) in [7, 11) is 0. The van der Waals surface area contributed by atoms with Crippen LogP contribution in [0.25, 0.3) is 0 Å². The Morgan fingerprint density at radius 1 is 0.934 bits per heavy atom. The number of ketones is 1. The number of aliphatic hydroxyl groups excluding tert-OH is 2. The van der Waals surface area contributed by atoms with Gasteiger partial charge in [0.1, 0.15) is 23.9 Å². The first-order valence-electron chi connectivity index (χ1n) is 20.5. The standard InChI is InChI=1S/C46H55NO14/c1-8-9-12-21-33(51)47-35(28-17-13-10-14-18-28)36(52)42(55)59-30-23-46(56)40(60-41(54)29-19-15-11-16-20-29)38-44(7,31(50)22-32-45(38,24-57-32)61-27(4)49)39(53)37(58-26(3)48)34(25(30)2)43(46,5)6/h9-20,30-32,35-38,40,50,52,56H,8,21-24H2,1-7H3,(H,47,51)/b12-9+/t30-,31-,32+,35-,36+,37+,38?,40?,44+,45-,46+/m0/s1. The SMILES string of the molecule is CC/C=C/CC(=O)N[C@@H](c1ccccc1)[C@@H](O)C(=O)O[C@H]1C[C@@]2(O)C(OC(=O)c3ccccc3)C3[C@](C)(C(=O)[C@H](OC(C)=O)C(=C1C)C2(C)C)[C@@H](O)C[C@H]1OC[C@@]31OC(C)=O. The Hall–Kier alpha value is -5.22. The number of hydrogen-bond acceptors (Lipinski definition) is 14. The van der Waals surface area contributed by atoms with Crippen molar-refractivity contribution in [3.63, 3.8) is 0 Å². The first-order chi connectivity index (χ1) is 28.7. The van der Waals surface area contributed by atoms with Crippen molar-refractivity contribution in [2.75, 3.05) is 6.61 Å². The highest BCUT2D eigenvalue weighted by atomic mass is 16.6. The number of esters is 4. The van der Waals surface area contributed by atoms with Crippen molar-refractivity contribution in [2.24, 2.45) is 16.7 Å². The summed E-state index contributed by atoms with van der Waals surface area (Å²) in [6.45, 7) is 9.91. The van der Waals surface area contributed by atoms with Crippen molar-refractivity contribution in [2.45, 2.75) is 128 Å². The number of carbonyl (C=O) groups is 6. The highest BCUT2D eigenvalue weighted by molar-refractivity contribution is 5.95. The van der Waals surface area contributed by atoms with Crippen LogP contribution < -0.4 is 5.32 Å². The molecule has 2 bridgehead atoms. The van der Waals surface area contributed by atoms with Crippen molar-refractivity contribution in [3.05, 3.63) is 95.1 Å². The smallest absolute Gasteiger partial charge is 0.338 e. The molecule has 2 saturated carbocycles. The fourth-order valence-corrected chi connectivity index (χ4v) is 9.96. The van der Waals surface area contributed by atoms with E-state index in [2.05, 4.69) is 5.32 Å². The van der Waals surface area contributed by atoms with E-state index in [9.17, 15) is 39.3 Å². The van der Waals surface area contributed by atoms with Gasteiger partial charge in [0, 0.05) is 38.5 Å². The normalized spacial score (nSPS) is 32.4. The maximum absolute atomic E-state index is 15.5. The Balaban J connectivity index is 1.53. The Kier molecular flexibility index (Phi) is 12.8. The third kappa shape index (κ3) is 7.92. The van der Waals surface area contributed by atoms with Gasteiger partial charge in [-0.2, -0.15) is 0 Å². The van der Waals surface area contributed by atoms with Gasteiger partial charge < -0.3 is 44.3 Å². The highest BCUT2D eigenvalue weighted by Gasteiger charge is 2.78. The van der Waals surface area contributed by atoms with Crippen LogP contribution in [0.2, 0.25) is 0 Å². The summed E-state index contributed by atoms with van der Waals surface area (Å²) in [5, 5.41) is 40.1. The number of benzene rings is 2. The van der Waals surface area contributed by atoms with Crippen molar-refractivity contribution in [1.29, 1.82) is 0 Å². The predicted octanol–water partition coefficient (Wildman–Crippen LogP) is 3.78. The Bertz CT molecular complexity index is 2100. The van der Waals surface area contributed by atoms with E-state index in [1.165, 1.54) is 26.0 Å². The number of allylic oxidation sites excluding steroid dienone is 1. The molecule has 0 radical (unpaired) electrons. The van der Waals surface area contributed by atoms with Gasteiger partial charge in [-0.05, 0) is 49.1 Å². The fraction of sp³-hybridized carbons (Fsp3) is 0.522. The van der Waals surface area contributed by atoms with Gasteiger partial charge in [-0.15, -0.1) is 0 Å². The Morgan fingerprint density at radius 2 is 1.57 bits per heavy atom. The quantitative estimate of drug-likeness (QED) is 0.136.